The van der Waals surface area contributed by atoms with E-state index >= 15 is 25.9 Å². The van der Waals surface area contributed by atoms with Gasteiger partial charge >= 0.3 is 20.9 Å². The van der Waals surface area contributed by atoms with Gasteiger partial charge in [-0.15, -0.1) is 0 Å². The third kappa shape index (κ3) is 6.32. The highest BCUT2D eigenvalue weighted by molar-refractivity contribution is 6.58. The van der Waals surface area contributed by atoms with Gasteiger partial charge in [-0.1, -0.05) is 53.7 Å². The summed E-state index contributed by atoms with van der Waals surface area (Å²) in [4.78, 5) is 0. The molecule has 0 amide bonds. The van der Waals surface area contributed by atoms with Crippen molar-refractivity contribution in [2.45, 2.75) is 11.8 Å². The van der Waals surface area contributed by atoms with Crippen molar-refractivity contribution in [2.24, 2.45) is 0 Å². The van der Waals surface area contributed by atoms with Crippen LogP contribution >= 0.6 is 0 Å². The standard InChI is InChI=1S/C56H35B3F6N6O3/c60-57(61)66-25-1-13-46(66)54(47-14-2-26-67(47)57)72-31-7-10-37-21-24-42-43(34-37)52-40-22-19-38(11-8-32-73-55-48-15-3-27-68(48)58(62,63)69-28-4-16-49(55)69)35-44(40)53(42)45-36-39(20-23-41(45)52)12-9-33-74-56-50-17-5-29-70(50)59(64,65)71-30-6-18-51(56)71/h1-6,13-30,34-36,52-53H,31-33H2. The molecule has 0 atom stereocenters. The third-order valence-electron chi connectivity index (χ3n) is 14.8. The number of allylic oxidation sites excluding steroid dienone is 6. The monoisotopic (exact) mass is 986 g/mol. The molecular weight excluding hydrogens is 951 g/mol. The molecule has 2 bridgehead atoms. The Labute approximate surface area is 419 Å². The first-order valence-electron chi connectivity index (χ1n) is 24.0. The first-order chi connectivity index (χ1) is 36.0. The molecule has 9 heterocycles. The van der Waals surface area contributed by atoms with Crippen LogP contribution in [0.5, 0.6) is 0 Å². The maximum atomic E-state index is 15.3. The van der Waals surface area contributed by atoms with Crippen LogP contribution in [0, 0.1) is 35.5 Å². The first-order valence-corrected chi connectivity index (χ1v) is 24.0. The van der Waals surface area contributed by atoms with E-state index in [1.54, 1.807) is 72.9 Å². The molecule has 3 aliphatic carbocycles. The number of halogens is 6. The van der Waals surface area contributed by atoms with E-state index in [1.807, 2.05) is 18.2 Å². The average Bonchev–Trinajstić information content (AvgIpc) is 4.30. The molecule has 0 radical (unpaired) electrons. The first kappa shape index (κ1) is 43.6. The highest BCUT2D eigenvalue weighted by Crippen LogP contribution is 2.56. The van der Waals surface area contributed by atoms with Gasteiger partial charge in [0, 0.05) is 65.0 Å². The molecule has 0 N–H and O–H groups in total. The minimum atomic E-state index is -4.05. The largest absolute Gasteiger partial charge is 0.737 e. The Hall–Kier alpha value is -9.20. The average molecular weight is 986 g/mol. The quantitative estimate of drug-likeness (QED) is 0.0951. The van der Waals surface area contributed by atoms with Gasteiger partial charge in [0.15, 0.2) is 0 Å². The van der Waals surface area contributed by atoms with Crippen molar-refractivity contribution in [3.8, 4) is 35.5 Å². The summed E-state index contributed by atoms with van der Waals surface area (Å²) in [6.45, 7) is -12.3. The summed E-state index contributed by atoms with van der Waals surface area (Å²) < 4.78 is 116. The normalized spacial score (nSPS) is 20.1. The fourth-order valence-electron chi connectivity index (χ4n) is 11.6. The molecule has 18 heteroatoms. The molecule has 0 saturated carbocycles. The van der Waals surface area contributed by atoms with Crippen LogP contribution in [-0.4, -0.2) is 86.3 Å². The summed E-state index contributed by atoms with van der Waals surface area (Å²) in [5, 5.41) is 0. The summed E-state index contributed by atoms with van der Waals surface area (Å²) in [6.07, 6.45) is 17.7. The maximum absolute atomic E-state index is 15.3. The van der Waals surface area contributed by atoms with E-state index in [9.17, 15) is 0 Å². The molecular formula is C56H35B3F6N6O3. The lowest BCUT2D eigenvalue weighted by Gasteiger charge is -2.42. The second-order valence-electron chi connectivity index (χ2n) is 18.7. The summed E-state index contributed by atoms with van der Waals surface area (Å²) in [7, 11) is 0. The molecule has 15 rings (SSSR count). The van der Waals surface area contributed by atoms with E-state index in [-0.39, 0.29) is 65.8 Å². The second-order valence-corrected chi connectivity index (χ2v) is 18.7. The second kappa shape index (κ2) is 15.9. The Bertz CT molecular complexity index is 3900. The van der Waals surface area contributed by atoms with E-state index in [2.05, 4.69) is 71.9 Å². The van der Waals surface area contributed by atoms with Gasteiger partial charge < -0.3 is 67.0 Å². The SMILES string of the molecule is F[B-]1(F)n2cccc2C(OCC#Cc2ccc3c(c2)C2c4ccc(C#CCOC5=C6C=CC=[N+]6[B-](F)(F)n6cccc65)cc4C3c3cc(C#CCOC4=C5C=CC=[N+]5[B-](F)(F)n5cccc54)ccc32)=C2C=CC=[N+]21. The van der Waals surface area contributed by atoms with E-state index in [1.165, 1.54) is 37.2 Å². The number of ether oxygens (including phenoxy) is 3. The molecule has 0 unspecified atom stereocenters. The predicted molar refractivity (Wildman–Crippen MR) is 270 cm³/mol. The van der Waals surface area contributed by atoms with Crippen molar-refractivity contribution in [3.63, 3.8) is 0 Å². The molecule has 0 saturated heterocycles. The summed E-state index contributed by atoms with van der Waals surface area (Å²) in [5.74, 6) is 19.7. The minimum absolute atomic E-state index is 0.0310. The fourth-order valence-corrected chi connectivity index (χ4v) is 11.6. The van der Waals surface area contributed by atoms with Crippen LogP contribution in [0.15, 0.2) is 163 Å². The van der Waals surface area contributed by atoms with Crippen LogP contribution in [-0.2, 0) is 14.2 Å². The molecule has 3 aromatic heterocycles. The van der Waals surface area contributed by atoms with Gasteiger partial charge in [0.2, 0.25) is 34.4 Å². The summed E-state index contributed by atoms with van der Waals surface area (Å²) >= 11 is 0. The molecule has 0 spiro atoms. The summed E-state index contributed by atoms with van der Waals surface area (Å²) in [6, 6.07) is 28.1. The Morgan fingerprint density at radius 1 is 0.419 bits per heavy atom. The van der Waals surface area contributed by atoms with Gasteiger partial charge in [0.1, 0.15) is 38.5 Å². The third-order valence-corrected chi connectivity index (χ3v) is 14.8. The minimum Gasteiger partial charge on any atom is -0.473 e. The van der Waals surface area contributed by atoms with Crippen molar-refractivity contribution < 1.29 is 53.6 Å². The molecule has 358 valence electrons. The van der Waals surface area contributed by atoms with Gasteiger partial charge in [-0.3, -0.25) is 0 Å². The van der Waals surface area contributed by atoms with Crippen LogP contribution in [0.2, 0.25) is 0 Å². The van der Waals surface area contributed by atoms with Crippen LogP contribution in [0.1, 0.15) is 79.0 Å². The highest BCUT2D eigenvalue weighted by atomic mass is 19.3. The Balaban J connectivity index is 0.761. The number of benzene rings is 3. The maximum Gasteiger partial charge on any atom is 0.737 e. The van der Waals surface area contributed by atoms with Crippen molar-refractivity contribution in [3.05, 3.63) is 230 Å². The fraction of sp³-hybridized carbons (Fsp3) is 0.0893. The lowest BCUT2D eigenvalue weighted by molar-refractivity contribution is -0.358. The molecule has 3 aromatic carbocycles. The molecule has 9 aliphatic rings. The molecule has 9 nitrogen and oxygen atoms in total. The Morgan fingerprint density at radius 2 is 0.730 bits per heavy atom. The van der Waals surface area contributed by atoms with Crippen LogP contribution in [0.25, 0.3) is 17.3 Å². The molecule has 0 fully saturated rings. The molecule has 6 aromatic rings. The smallest absolute Gasteiger partial charge is 0.473 e. The van der Waals surface area contributed by atoms with Gasteiger partial charge in [0.05, 0.1) is 17.1 Å². The zero-order chi connectivity index (χ0) is 50.1. The lowest BCUT2D eigenvalue weighted by atomic mass is 9.60. The van der Waals surface area contributed by atoms with E-state index in [0.717, 1.165) is 77.0 Å². The topological polar surface area (TPSA) is 51.5 Å². The van der Waals surface area contributed by atoms with Gasteiger partial charge in [-0.05, 0) is 125 Å². The van der Waals surface area contributed by atoms with Crippen LogP contribution in [0.3, 0.4) is 0 Å². The number of aromatic nitrogens is 3. The molecule has 6 aliphatic heterocycles. The highest BCUT2D eigenvalue weighted by Gasteiger charge is 2.54. The van der Waals surface area contributed by atoms with E-state index in [4.69, 9.17) is 14.2 Å². The lowest BCUT2D eigenvalue weighted by Crippen LogP contribution is -2.49. The van der Waals surface area contributed by atoms with Crippen molar-refractivity contribution in [1.29, 1.82) is 0 Å². The van der Waals surface area contributed by atoms with Gasteiger partial charge in [-0.2, -0.15) is 0 Å². The van der Waals surface area contributed by atoms with E-state index < -0.39 is 20.9 Å². The number of rotatable bonds is 6. The number of fused-ring (bicyclic) bond motifs is 6. The Morgan fingerprint density at radius 3 is 1.05 bits per heavy atom. The summed E-state index contributed by atoms with van der Waals surface area (Å²) in [5.41, 5.74) is 10.6. The van der Waals surface area contributed by atoms with E-state index in [0.29, 0.717) is 17.3 Å². The Kier molecular flexibility index (Phi) is 9.37. The number of nitrogens with zero attached hydrogens (tertiary/aromatic N) is 6. The van der Waals surface area contributed by atoms with Crippen molar-refractivity contribution in [1.82, 2.24) is 13.4 Å². The zero-order valence-electron chi connectivity index (χ0n) is 38.8. The van der Waals surface area contributed by atoms with Crippen LogP contribution < -0.4 is 0 Å². The van der Waals surface area contributed by atoms with Crippen molar-refractivity contribution >= 4 is 56.8 Å². The van der Waals surface area contributed by atoms with Crippen LogP contribution in [0.4, 0.5) is 25.9 Å². The zero-order valence-corrected chi connectivity index (χ0v) is 38.8. The predicted octanol–water partition coefficient (Wildman–Crippen LogP) is 8.96. The molecule has 74 heavy (non-hydrogen) atoms. The van der Waals surface area contributed by atoms with Gasteiger partial charge in [0.25, 0.3) is 0 Å². The van der Waals surface area contributed by atoms with Crippen molar-refractivity contribution in [2.75, 3.05) is 19.8 Å². The van der Waals surface area contributed by atoms with Gasteiger partial charge in [-0.25, -0.2) is 0 Å². The number of hydrogen-bond acceptors (Lipinski definition) is 3. The number of hydrogen-bond donors (Lipinski definition) is 0.